The Labute approximate surface area is 197 Å². The Morgan fingerprint density at radius 2 is 1.38 bits per heavy atom. The van der Waals surface area contributed by atoms with E-state index in [1.165, 1.54) is 0 Å². The molecule has 1 aliphatic rings. The van der Waals surface area contributed by atoms with Crippen LogP contribution in [-0.2, 0) is 17.6 Å². The van der Waals surface area contributed by atoms with Gasteiger partial charge in [-0.2, -0.15) is 0 Å². The van der Waals surface area contributed by atoms with E-state index >= 15 is 0 Å². The van der Waals surface area contributed by atoms with E-state index in [-0.39, 0.29) is 18.2 Å². The molecule has 1 fully saturated rings. The van der Waals surface area contributed by atoms with E-state index in [4.69, 9.17) is 0 Å². The highest BCUT2D eigenvalue weighted by Gasteiger charge is 2.51. The number of H-pyrrole nitrogens is 1. The molecule has 5 rings (SSSR count). The van der Waals surface area contributed by atoms with Gasteiger partial charge in [0.1, 0.15) is 5.54 Å². The summed E-state index contributed by atoms with van der Waals surface area (Å²) in [4.78, 5) is 44.4. The first-order valence-electron chi connectivity index (χ1n) is 11.3. The maximum absolute atomic E-state index is 13.8. The lowest BCUT2D eigenvalue weighted by molar-refractivity contribution is -0.131. The minimum absolute atomic E-state index is 0.270. The second-order valence-electron chi connectivity index (χ2n) is 8.82. The van der Waals surface area contributed by atoms with Gasteiger partial charge in [-0.05, 0) is 24.1 Å². The Hall–Kier alpha value is -4.19. The van der Waals surface area contributed by atoms with Gasteiger partial charge in [0.05, 0.1) is 6.54 Å². The number of aryl methyl sites for hydroxylation is 1. The number of amides is 3. The van der Waals surface area contributed by atoms with Crippen molar-refractivity contribution in [1.29, 1.82) is 0 Å². The number of carbonyl (C=O) groups is 3. The molecule has 0 atom stereocenters. The standard InChI is InChI=1S/C28H25N3O3/c1-19-25(22-14-8-9-15-23(22)29-19)24(32)18-31-26(33)28(30-27(31)34,16-20-10-4-2-5-11-20)17-21-12-6-3-7-13-21/h2-15,29H,16-18H2,1H3,(H,30,34). The summed E-state index contributed by atoms with van der Waals surface area (Å²) in [5, 5.41) is 3.73. The SMILES string of the molecule is Cc1[nH]c2ccccc2c1C(=O)CN1C(=O)NC(Cc2ccccc2)(Cc2ccccc2)C1=O. The number of nitrogens with zero attached hydrogens (tertiary/aromatic N) is 1. The summed E-state index contributed by atoms with van der Waals surface area (Å²) in [5.41, 5.74) is 2.80. The van der Waals surface area contributed by atoms with Gasteiger partial charge in [-0.25, -0.2) is 4.79 Å². The van der Waals surface area contributed by atoms with Crippen molar-refractivity contribution >= 4 is 28.6 Å². The molecule has 6 heteroatoms. The van der Waals surface area contributed by atoms with Crippen LogP contribution in [0.15, 0.2) is 84.9 Å². The van der Waals surface area contributed by atoms with E-state index in [0.29, 0.717) is 18.4 Å². The topological polar surface area (TPSA) is 82.3 Å². The minimum atomic E-state index is -1.16. The number of hydrogen-bond acceptors (Lipinski definition) is 3. The van der Waals surface area contributed by atoms with Crippen molar-refractivity contribution in [2.24, 2.45) is 0 Å². The van der Waals surface area contributed by atoms with Crippen LogP contribution in [0.25, 0.3) is 10.9 Å². The van der Waals surface area contributed by atoms with Crippen LogP contribution < -0.4 is 5.32 Å². The molecule has 0 aliphatic carbocycles. The molecule has 0 unspecified atom stereocenters. The average Bonchev–Trinajstić information content (AvgIpc) is 3.28. The fraction of sp³-hybridized carbons (Fsp3) is 0.179. The van der Waals surface area contributed by atoms with Crippen molar-refractivity contribution in [3.63, 3.8) is 0 Å². The Kier molecular flexibility index (Phi) is 5.49. The molecular weight excluding hydrogens is 426 g/mol. The lowest BCUT2D eigenvalue weighted by Crippen LogP contribution is -2.51. The average molecular weight is 452 g/mol. The predicted molar refractivity (Wildman–Crippen MR) is 131 cm³/mol. The van der Waals surface area contributed by atoms with E-state index in [1.807, 2.05) is 91.9 Å². The molecule has 170 valence electrons. The Bertz CT molecular complexity index is 1330. The molecule has 1 aromatic heterocycles. The monoisotopic (exact) mass is 451 g/mol. The zero-order valence-electron chi connectivity index (χ0n) is 18.9. The number of hydrogen-bond donors (Lipinski definition) is 2. The number of Topliss-reactive ketones (excluding diaryl/α,β-unsaturated/α-hetero) is 1. The number of carbonyl (C=O) groups excluding carboxylic acids is 3. The van der Waals surface area contributed by atoms with Gasteiger partial charge < -0.3 is 10.3 Å². The molecular formula is C28H25N3O3. The Balaban J connectivity index is 1.47. The quantitative estimate of drug-likeness (QED) is 0.322. The van der Waals surface area contributed by atoms with Crippen LogP contribution in [0.3, 0.4) is 0 Å². The number of fused-ring (bicyclic) bond motifs is 1. The van der Waals surface area contributed by atoms with Crippen molar-refractivity contribution in [2.75, 3.05) is 6.54 Å². The molecule has 0 saturated carbocycles. The van der Waals surface area contributed by atoms with Gasteiger partial charge >= 0.3 is 6.03 Å². The summed E-state index contributed by atoms with van der Waals surface area (Å²) < 4.78 is 0. The van der Waals surface area contributed by atoms with Crippen LogP contribution in [0, 0.1) is 6.92 Å². The zero-order valence-corrected chi connectivity index (χ0v) is 18.9. The third kappa shape index (κ3) is 3.88. The van der Waals surface area contributed by atoms with E-state index in [0.717, 1.165) is 32.6 Å². The van der Waals surface area contributed by atoms with Crippen LogP contribution in [0.4, 0.5) is 4.79 Å². The van der Waals surface area contributed by atoms with Crippen LogP contribution in [0.1, 0.15) is 27.2 Å². The van der Waals surface area contributed by atoms with Gasteiger partial charge in [0.2, 0.25) is 0 Å². The van der Waals surface area contributed by atoms with Crippen LogP contribution in [0.5, 0.6) is 0 Å². The second kappa shape index (κ2) is 8.63. The third-order valence-electron chi connectivity index (χ3n) is 6.42. The van der Waals surface area contributed by atoms with Crippen molar-refractivity contribution in [3.8, 4) is 0 Å². The summed E-state index contributed by atoms with van der Waals surface area (Å²) in [6.45, 7) is 1.52. The number of nitrogens with one attached hydrogen (secondary N) is 2. The van der Waals surface area contributed by atoms with E-state index in [9.17, 15) is 14.4 Å². The summed E-state index contributed by atoms with van der Waals surface area (Å²) in [5.74, 6) is -0.648. The number of aromatic nitrogens is 1. The first kappa shape index (κ1) is 21.6. The lowest BCUT2D eigenvalue weighted by Gasteiger charge is -2.27. The molecule has 0 radical (unpaired) electrons. The summed E-state index contributed by atoms with van der Waals surface area (Å²) in [7, 11) is 0. The van der Waals surface area contributed by atoms with Gasteiger partial charge in [-0.1, -0.05) is 78.9 Å². The maximum Gasteiger partial charge on any atom is 0.325 e. The summed E-state index contributed by atoms with van der Waals surface area (Å²) in [6.07, 6.45) is 0.675. The van der Waals surface area contributed by atoms with Crippen LogP contribution in [0.2, 0.25) is 0 Å². The molecule has 6 nitrogen and oxygen atoms in total. The highest BCUT2D eigenvalue weighted by Crippen LogP contribution is 2.29. The lowest BCUT2D eigenvalue weighted by atomic mass is 9.84. The van der Waals surface area contributed by atoms with Gasteiger partial charge in [-0.15, -0.1) is 0 Å². The van der Waals surface area contributed by atoms with Gasteiger partial charge in [0.15, 0.2) is 5.78 Å². The molecule has 4 aromatic rings. The van der Waals surface area contributed by atoms with Crippen LogP contribution in [-0.4, -0.2) is 39.7 Å². The molecule has 2 N–H and O–H groups in total. The first-order valence-corrected chi connectivity index (χ1v) is 11.3. The fourth-order valence-corrected chi connectivity index (χ4v) is 4.87. The molecule has 3 amide bonds. The molecule has 34 heavy (non-hydrogen) atoms. The third-order valence-corrected chi connectivity index (χ3v) is 6.42. The normalized spacial score (nSPS) is 15.0. The fourth-order valence-electron chi connectivity index (χ4n) is 4.87. The molecule has 0 bridgehead atoms. The van der Waals surface area contributed by atoms with E-state index < -0.39 is 11.6 Å². The largest absolute Gasteiger partial charge is 0.358 e. The number of aromatic amines is 1. The van der Waals surface area contributed by atoms with Crippen molar-refractivity contribution in [1.82, 2.24) is 15.2 Å². The highest BCUT2D eigenvalue weighted by atomic mass is 16.2. The van der Waals surface area contributed by atoms with Crippen LogP contribution >= 0.6 is 0 Å². The van der Waals surface area contributed by atoms with Gasteiger partial charge in [0, 0.05) is 35.0 Å². The predicted octanol–water partition coefficient (Wildman–Crippen LogP) is 4.44. The zero-order chi connectivity index (χ0) is 23.7. The highest BCUT2D eigenvalue weighted by molar-refractivity contribution is 6.15. The Morgan fingerprint density at radius 3 is 2.00 bits per heavy atom. The number of imide groups is 1. The molecule has 1 saturated heterocycles. The summed E-state index contributed by atoms with van der Waals surface area (Å²) >= 11 is 0. The van der Waals surface area contributed by atoms with E-state index in [2.05, 4.69) is 10.3 Å². The molecule has 3 aromatic carbocycles. The number of urea groups is 1. The minimum Gasteiger partial charge on any atom is -0.358 e. The number of benzene rings is 3. The molecule has 1 aliphatic heterocycles. The molecule has 2 heterocycles. The number of para-hydroxylation sites is 1. The van der Waals surface area contributed by atoms with Crippen molar-refractivity contribution < 1.29 is 14.4 Å². The maximum atomic E-state index is 13.8. The Morgan fingerprint density at radius 1 is 0.824 bits per heavy atom. The number of rotatable bonds is 7. The smallest absolute Gasteiger partial charge is 0.325 e. The number of ketones is 1. The van der Waals surface area contributed by atoms with Crippen molar-refractivity contribution in [2.45, 2.75) is 25.3 Å². The van der Waals surface area contributed by atoms with E-state index in [1.54, 1.807) is 0 Å². The summed E-state index contributed by atoms with van der Waals surface area (Å²) in [6, 6.07) is 26.2. The molecule has 0 spiro atoms. The van der Waals surface area contributed by atoms with Gasteiger partial charge in [0.25, 0.3) is 5.91 Å². The van der Waals surface area contributed by atoms with Gasteiger partial charge in [-0.3, -0.25) is 14.5 Å². The second-order valence-corrected chi connectivity index (χ2v) is 8.82. The van der Waals surface area contributed by atoms with Crippen molar-refractivity contribution in [3.05, 3.63) is 107 Å². The first-order chi connectivity index (χ1) is 16.5.